The number of methoxy groups -OCH3 is 5. The number of β-lactam (4-membered cyclic amide) rings is 1. The molecule has 0 saturated carbocycles. The third-order valence-corrected chi connectivity index (χ3v) is 5.97. The number of anilines is 1. The van der Waals surface area contributed by atoms with E-state index in [-0.39, 0.29) is 5.91 Å². The molecule has 11 nitrogen and oxygen atoms in total. The van der Waals surface area contributed by atoms with Crippen molar-refractivity contribution in [3.05, 3.63) is 24.3 Å². The molecule has 1 aromatic rings. The van der Waals surface area contributed by atoms with Crippen LogP contribution in [0.25, 0.3) is 0 Å². The van der Waals surface area contributed by atoms with E-state index >= 15 is 0 Å². The van der Waals surface area contributed by atoms with Crippen LogP contribution in [0.1, 0.15) is 0 Å². The minimum Gasteiger partial charge on any atom is -0.497 e. The quantitative estimate of drug-likeness (QED) is 0.330. The number of carbonyl (C=O) groups excluding carboxylic acids is 4. The molecule has 174 valence electrons. The highest BCUT2D eigenvalue weighted by Crippen LogP contribution is 2.41. The summed E-state index contributed by atoms with van der Waals surface area (Å²) in [5.41, 5.74) is 0.538. The summed E-state index contributed by atoms with van der Waals surface area (Å²) < 4.78 is 25.2. The zero-order valence-corrected chi connectivity index (χ0v) is 18.4. The lowest BCUT2D eigenvalue weighted by Gasteiger charge is -2.49. The van der Waals surface area contributed by atoms with Gasteiger partial charge < -0.3 is 28.6 Å². The Bertz CT molecular complexity index is 888. The van der Waals surface area contributed by atoms with E-state index in [9.17, 15) is 19.2 Å². The molecule has 1 N–H and O–H groups in total. The highest BCUT2D eigenvalue weighted by atomic mass is 16.5. The molecule has 6 atom stereocenters. The van der Waals surface area contributed by atoms with Gasteiger partial charge >= 0.3 is 17.9 Å². The van der Waals surface area contributed by atoms with Gasteiger partial charge in [-0.15, -0.1) is 0 Å². The molecule has 0 aliphatic carbocycles. The van der Waals surface area contributed by atoms with Gasteiger partial charge in [0.2, 0.25) is 0 Å². The summed E-state index contributed by atoms with van der Waals surface area (Å²) in [5.74, 6) is -4.32. The predicted molar refractivity (Wildman–Crippen MR) is 109 cm³/mol. The molecule has 2 heterocycles. The fourth-order valence-electron chi connectivity index (χ4n) is 4.46. The molecule has 1 amide bonds. The van der Waals surface area contributed by atoms with Crippen molar-refractivity contribution in [1.82, 2.24) is 5.32 Å². The molecular formula is C21H26N2O9. The smallest absolute Gasteiger partial charge is 0.323 e. The first-order valence-electron chi connectivity index (χ1n) is 9.84. The van der Waals surface area contributed by atoms with Crippen LogP contribution in [0.3, 0.4) is 0 Å². The van der Waals surface area contributed by atoms with E-state index in [0.29, 0.717) is 11.4 Å². The van der Waals surface area contributed by atoms with E-state index in [1.54, 1.807) is 24.3 Å². The lowest BCUT2D eigenvalue weighted by atomic mass is 9.79. The first kappa shape index (κ1) is 23.5. The molecule has 1 aromatic carbocycles. The maximum Gasteiger partial charge on any atom is 0.323 e. The van der Waals surface area contributed by atoms with Crippen molar-refractivity contribution in [3.8, 4) is 5.75 Å². The molecular weight excluding hydrogens is 424 g/mol. The standard InChI is InChI=1S/C21H26N2O9/c1-28-11-8-6-10(7-9-11)23-16(17(29-2)18(23)24)14-12(19(25)30-3)13(20(26)31-4)15(22-14)21(27)32-5/h6-9,12-17,22H,1-5H3/t12-,13-,14+,15-,16+,17-/m1/s1. The van der Waals surface area contributed by atoms with E-state index in [1.165, 1.54) is 33.3 Å². The second kappa shape index (κ2) is 9.53. The molecule has 2 saturated heterocycles. The monoisotopic (exact) mass is 450 g/mol. The largest absolute Gasteiger partial charge is 0.497 e. The Morgan fingerprint density at radius 3 is 1.91 bits per heavy atom. The molecule has 0 spiro atoms. The molecule has 0 unspecified atom stereocenters. The third-order valence-electron chi connectivity index (χ3n) is 5.97. The normalized spacial score (nSPS) is 29.2. The van der Waals surface area contributed by atoms with Crippen LogP contribution in [0, 0.1) is 11.8 Å². The molecule has 0 bridgehead atoms. The minimum atomic E-state index is -1.21. The molecule has 0 aromatic heterocycles. The van der Waals surface area contributed by atoms with Crippen molar-refractivity contribution in [2.75, 3.05) is 40.4 Å². The van der Waals surface area contributed by atoms with Gasteiger partial charge in [-0.1, -0.05) is 0 Å². The molecule has 3 rings (SSSR count). The Labute approximate surface area is 184 Å². The minimum absolute atomic E-state index is 0.329. The van der Waals surface area contributed by atoms with E-state index in [4.69, 9.17) is 23.7 Å². The number of hydrogen-bond donors (Lipinski definition) is 1. The van der Waals surface area contributed by atoms with Crippen molar-refractivity contribution in [2.24, 2.45) is 11.8 Å². The molecule has 2 aliphatic rings. The van der Waals surface area contributed by atoms with Crippen LogP contribution >= 0.6 is 0 Å². The van der Waals surface area contributed by atoms with Gasteiger partial charge in [-0.2, -0.15) is 0 Å². The maximum atomic E-state index is 12.8. The number of rotatable bonds is 7. The maximum absolute atomic E-state index is 12.8. The average Bonchev–Trinajstić information content (AvgIpc) is 3.21. The second-order valence-electron chi connectivity index (χ2n) is 7.34. The Morgan fingerprint density at radius 1 is 0.844 bits per heavy atom. The van der Waals surface area contributed by atoms with Crippen molar-refractivity contribution in [1.29, 1.82) is 0 Å². The Kier molecular flexibility index (Phi) is 6.99. The number of ether oxygens (including phenoxy) is 5. The number of hydrogen-bond acceptors (Lipinski definition) is 10. The zero-order chi connectivity index (χ0) is 23.6. The summed E-state index contributed by atoms with van der Waals surface area (Å²) in [6.07, 6.45) is -0.906. The lowest BCUT2D eigenvalue weighted by Crippen LogP contribution is -2.73. The summed E-state index contributed by atoms with van der Waals surface area (Å²) in [4.78, 5) is 52.1. The van der Waals surface area contributed by atoms with Gasteiger partial charge in [0.25, 0.3) is 5.91 Å². The van der Waals surface area contributed by atoms with Crippen molar-refractivity contribution < 1.29 is 42.9 Å². The number of nitrogens with zero attached hydrogens (tertiary/aromatic N) is 1. The number of amides is 1. The summed E-state index contributed by atoms with van der Waals surface area (Å²) in [5, 5.41) is 3.01. The fourth-order valence-corrected chi connectivity index (χ4v) is 4.46. The summed E-state index contributed by atoms with van der Waals surface area (Å²) in [6, 6.07) is 4.00. The van der Waals surface area contributed by atoms with Gasteiger partial charge in [0.1, 0.15) is 11.8 Å². The zero-order valence-electron chi connectivity index (χ0n) is 18.4. The Hall–Kier alpha value is -3.18. The highest BCUT2D eigenvalue weighted by molar-refractivity contribution is 6.05. The van der Waals surface area contributed by atoms with Crippen molar-refractivity contribution >= 4 is 29.5 Å². The van der Waals surface area contributed by atoms with Crippen LogP contribution < -0.4 is 15.0 Å². The third kappa shape index (κ3) is 3.78. The molecule has 32 heavy (non-hydrogen) atoms. The van der Waals surface area contributed by atoms with Crippen LogP contribution in [0.2, 0.25) is 0 Å². The number of nitrogens with one attached hydrogen (secondary N) is 1. The first-order chi connectivity index (χ1) is 15.3. The SMILES string of the molecule is COC(=O)[C@@H]1[C@@H](C(=O)OC)[C@@H]([C@H]2[C@@H](OC)C(=O)N2c2ccc(OC)cc2)N[C@H]1C(=O)OC. The second-order valence-corrected chi connectivity index (χ2v) is 7.34. The van der Waals surface area contributed by atoms with Gasteiger partial charge in [-0.25, -0.2) is 0 Å². The Morgan fingerprint density at radius 2 is 1.41 bits per heavy atom. The van der Waals surface area contributed by atoms with Gasteiger partial charge in [-0.05, 0) is 24.3 Å². The number of benzene rings is 1. The summed E-state index contributed by atoms with van der Waals surface area (Å²) in [6.45, 7) is 0. The van der Waals surface area contributed by atoms with Gasteiger partial charge in [0, 0.05) is 18.8 Å². The summed E-state index contributed by atoms with van der Waals surface area (Å²) >= 11 is 0. The number of esters is 3. The highest BCUT2D eigenvalue weighted by Gasteiger charge is 2.63. The van der Waals surface area contributed by atoms with E-state index < -0.39 is 54.0 Å². The Balaban J connectivity index is 2.05. The van der Waals surface area contributed by atoms with E-state index in [2.05, 4.69) is 5.32 Å². The molecule has 2 aliphatic heterocycles. The van der Waals surface area contributed by atoms with Crippen molar-refractivity contribution in [3.63, 3.8) is 0 Å². The molecule has 0 radical (unpaired) electrons. The topological polar surface area (TPSA) is 130 Å². The van der Waals surface area contributed by atoms with Crippen LogP contribution in [-0.2, 0) is 38.1 Å². The van der Waals surface area contributed by atoms with Crippen LogP contribution in [0.15, 0.2) is 24.3 Å². The van der Waals surface area contributed by atoms with Gasteiger partial charge in [-0.3, -0.25) is 24.5 Å². The van der Waals surface area contributed by atoms with Crippen LogP contribution in [0.4, 0.5) is 5.69 Å². The first-order valence-corrected chi connectivity index (χ1v) is 9.84. The molecule has 2 fully saturated rings. The van der Waals surface area contributed by atoms with Gasteiger partial charge in [0.05, 0.1) is 46.3 Å². The van der Waals surface area contributed by atoms with Crippen molar-refractivity contribution in [2.45, 2.75) is 24.2 Å². The van der Waals surface area contributed by atoms with Crippen LogP contribution in [0.5, 0.6) is 5.75 Å². The average molecular weight is 450 g/mol. The number of carbonyl (C=O) groups is 4. The van der Waals surface area contributed by atoms with E-state index in [0.717, 1.165) is 7.11 Å². The van der Waals surface area contributed by atoms with Gasteiger partial charge in [0.15, 0.2) is 6.10 Å². The van der Waals surface area contributed by atoms with E-state index in [1.807, 2.05) is 0 Å². The summed E-state index contributed by atoms with van der Waals surface area (Å²) in [7, 11) is 6.41. The molecule has 11 heteroatoms. The lowest BCUT2D eigenvalue weighted by molar-refractivity contribution is -0.160. The predicted octanol–water partition coefficient (Wildman–Crippen LogP) is -0.483. The van der Waals surface area contributed by atoms with Crippen LogP contribution in [-0.4, -0.2) is 83.6 Å². The fraction of sp³-hybridized carbons (Fsp3) is 0.524.